The van der Waals surface area contributed by atoms with E-state index in [9.17, 15) is 9.18 Å². The van der Waals surface area contributed by atoms with Crippen LogP contribution >= 0.6 is 11.6 Å². The number of morpholine rings is 1. The molecule has 0 aliphatic carbocycles. The van der Waals surface area contributed by atoms with Gasteiger partial charge in [-0.05, 0) is 29.8 Å². The van der Waals surface area contributed by atoms with Gasteiger partial charge in [-0.25, -0.2) is 29.1 Å². The Morgan fingerprint density at radius 1 is 1.08 bits per heavy atom. The van der Waals surface area contributed by atoms with Crippen LogP contribution in [0.25, 0.3) is 11.1 Å². The molecule has 1 aliphatic rings. The van der Waals surface area contributed by atoms with E-state index in [1.54, 1.807) is 29.4 Å². The first-order valence-electron chi connectivity index (χ1n) is 11.6. The number of carbonyl (C=O) groups is 1. The van der Waals surface area contributed by atoms with Crippen molar-refractivity contribution in [2.24, 2.45) is 0 Å². The van der Waals surface area contributed by atoms with Crippen molar-refractivity contribution in [2.45, 2.75) is 0 Å². The largest absolute Gasteiger partial charge is 0.381 e. The van der Waals surface area contributed by atoms with Crippen molar-refractivity contribution in [1.82, 2.24) is 24.9 Å². The monoisotopic (exact) mass is 536 g/mol. The summed E-state index contributed by atoms with van der Waals surface area (Å²) in [5.41, 5.74) is 3.06. The minimum Gasteiger partial charge on any atom is -0.378 e. The highest BCUT2D eigenvalue weighted by atomic mass is 35.5. The lowest BCUT2D eigenvalue weighted by Gasteiger charge is -2.28. The van der Waals surface area contributed by atoms with Gasteiger partial charge in [0.1, 0.15) is 6.33 Å². The summed E-state index contributed by atoms with van der Waals surface area (Å²) < 4.78 is 19.6. The Morgan fingerprint density at radius 3 is 2.58 bits per heavy atom. The van der Waals surface area contributed by atoms with E-state index in [2.05, 4.69) is 30.2 Å². The smallest absolute Gasteiger partial charge is 0.378 e. The summed E-state index contributed by atoms with van der Waals surface area (Å²) in [6.07, 6.45) is 7.40. The number of carbonyl (C=O) groups excluding carboxylic acids is 1. The van der Waals surface area contributed by atoms with Crippen molar-refractivity contribution in [3.05, 3.63) is 78.0 Å². The molecule has 0 spiro atoms. The summed E-state index contributed by atoms with van der Waals surface area (Å²) in [7, 11) is 1.46. The Balaban J connectivity index is 1.22. The lowest BCUT2D eigenvalue weighted by Crippen LogP contribution is -2.37. The number of halogens is 2. The Bertz CT molecular complexity index is 1420. The highest BCUT2D eigenvalue weighted by molar-refractivity contribution is 6.33. The van der Waals surface area contributed by atoms with Crippen LogP contribution < -0.4 is 15.3 Å². The second-order valence-electron chi connectivity index (χ2n) is 8.20. The summed E-state index contributed by atoms with van der Waals surface area (Å²) >= 11 is 6.45. The highest BCUT2D eigenvalue weighted by Gasteiger charge is 2.21. The number of hydroxylamine groups is 1. The maximum atomic E-state index is 14.3. The van der Waals surface area contributed by atoms with Gasteiger partial charge in [-0.3, -0.25) is 0 Å². The summed E-state index contributed by atoms with van der Waals surface area (Å²) in [5, 5.41) is 4.73. The molecule has 0 amide bonds. The van der Waals surface area contributed by atoms with E-state index in [1.165, 1.54) is 25.6 Å². The normalized spacial score (nSPS) is 13.2. The Kier molecular flexibility index (Phi) is 7.52. The predicted molar refractivity (Wildman–Crippen MR) is 139 cm³/mol. The summed E-state index contributed by atoms with van der Waals surface area (Å²) in [6.45, 7) is 1.94. The van der Waals surface area contributed by atoms with Gasteiger partial charge in [0, 0.05) is 38.1 Å². The maximum absolute atomic E-state index is 14.3. The first kappa shape index (κ1) is 25.2. The third-order valence-corrected chi connectivity index (χ3v) is 5.95. The number of rotatable bonds is 7. The number of hydrogen-bond acceptors (Lipinski definition) is 11. The zero-order valence-electron chi connectivity index (χ0n) is 20.2. The van der Waals surface area contributed by atoms with Crippen LogP contribution in [0.4, 0.5) is 27.5 Å². The van der Waals surface area contributed by atoms with Crippen molar-refractivity contribution in [3.63, 3.8) is 0 Å². The van der Waals surface area contributed by atoms with Crippen LogP contribution in [0, 0.1) is 5.82 Å². The van der Waals surface area contributed by atoms with Crippen LogP contribution in [0.3, 0.4) is 0 Å². The molecule has 0 unspecified atom stereocenters. The molecule has 0 saturated carbocycles. The molecule has 0 radical (unpaired) electrons. The molecule has 0 bridgehead atoms. The topological polar surface area (TPSA) is 118 Å². The number of nitrogens with one attached hydrogen (secondary N) is 1. The molecule has 1 aromatic carbocycles. The number of nitrogens with zero attached hydrogens (tertiary/aromatic N) is 7. The maximum Gasteiger partial charge on any atom is 0.381 e. The molecule has 1 fully saturated rings. The van der Waals surface area contributed by atoms with Gasteiger partial charge in [0.05, 0.1) is 42.0 Å². The second-order valence-corrected chi connectivity index (χ2v) is 8.60. The fourth-order valence-corrected chi connectivity index (χ4v) is 3.93. The zero-order chi connectivity index (χ0) is 26.5. The van der Waals surface area contributed by atoms with E-state index in [-0.39, 0.29) is 17.5 Å². The third-order valence-electron chi connectivity index (χ3n) is 5.64. The van der Waals surface area contributed by atoms with Crippen LogP contribution in [0.15, 0.2) is 61.4 Å². The van der Waals surface area contributed by atoms with E-state index in [4.69, 9.17) is 21.2 Å². The number of benzene rings is 1. The predicted octanol–water partition coefficient (Wildman–Crippen LogP) is 3.91. The fourth-order valence-electron chi connectivity index (χ4n) is 3.70. The molecule has 194 valence electrons. The van der Waals surface area contributed by atoms with E-state index >= 15 is 0 Å². The van der Waals surface area contributed by atoms with Crippen LogP contribution in [-0.4, -0.2) is 64.2 Å². The van der Waals surface area contributed by atoms with E-state index in [0.29, 0.717) is 42.7 Å². The van der Waals surface area contributed by atoms with Crippen molar-refractivity contribution >= 4 is 40.7 Å². The first-order valence-corrected chi connectivity index (χ1v) is 11.9. The van der Waals surface area contributed by atoms with Crippen LogP contribution in [0.5, 0.6) is 0 Å². The molecule has 1 N–H and O–H groups in total. The molecular formula is C25H22ClFN8O3. The van der Waals surface area contributed by atoms with Crippen molar-refractivity contribution in [2.75, 3.05) is 48.6 Å². The molecule has 0 atom stereocenters. The lowest BCUT2D eigenvalue weighted by atomic mass is 10.1. The van der Waals surface area contributed by atoms with Gasteiger partial charge in [-0.2, -0.15) is 10.0 Å². The number of aromatic nitrogens is 5. The molecule has 13 heteroatoms. The number of pyridine rings is 1. The quantitative estimate of drug-likeness (QED) is 0.346. The molecule has 4 heterocycles. The van der Waals surface area contributed by atoms with Crippen molar-refractivity contribution in [1.29, 1.82) is 0 Å². The fraction of sp³-hybridized carbons (Fsp3) is 0.200. The summed E-state index contributed by atoms with van der Waals surface area (Å²) in [4.78, 5) is 40.1. The van der Waals surface area contributed by atoms with Gasteiger partial charge in [-0.1, -0.05) is 17.7 Å². The van der Waals surface area contributed by atoms with Gasteiger partial charge in [0.15, 0.2) is 17.3 Å². The Hall–Kier alpha value is -4.42. The van der Waals surface area contributed by atoms with Gasteiger partial charge >= 0.3 is 5.97 Å². The van der Waals surface area contributed by atoms with Gasteiger partial charge in [-0.15, -0.1) is 0 Å². The third kappa shape index (κ3) is 5.76. The Morgan fingerprint density at radius 2 is 1.87 bits per heavy atom. The van der Waals surface area contributed by atoms with Crippen molar-refractivity contribution in [3.8, 4) is 11.1 Å². The molecule has 1 saturated heterocycles. The van der Waals surface area contributed by atoms with Gasteiger partial charge in [0.2, 0.25) is 0 Å². The molecule has 5 rings (SSSR count). The SMILES string of the molecule is CN(OC(=O)c1ccc(Nc2ccc(-c3cncnc3)cc2Cl)cn1)c1ncc(F)c(N2CCOCC2)n1. The minimum absolute atomic E-state index is 0.0275. The summed E-state index contributed by atoms with van der Waals surface area (Å²) in [5.74, 6) is -1.14. The number of ether oxygens (including phenoxy) is 1. The molecular weight excluding hydrogens is 515 g/mol. The standard InChI is InChI=1S/C25H22ClFN8O3/c1-34(25-31-14-20(27)23(33-25)35-6-8-37-9-7-35)38-24(36)22-5-3-18(13-30-22)32-21-4-2-16(10-19(21)26)17-11-28-15-29-12-17/h2-5,10-15,32H,6-9H2,1H3. The average Bonchev–Trinajstić information content (AvgIpc) is 2.95. The van der Waals surface area contributed by atoms with Gasteiger partial charge in [0.25, 0.3) is 5.95 Å². The van der Waals surface area contributed by atoms with Crippen molar-refractivity contribution < 1.29 is 18.8 Å². The van der Waals surface area contributed by atoms with E-state index in [0.717, 1.165) is 22.4 Å². The number of hydrogen-bond donors (Lipinski definition) is 1. The molecule has 1 aliphatic heterocycles. The van der Waals surface area contributed by atoms with E-state index < -0.39 is 11.8 Å². The number of anilines is 4. The highest BCUT2D eigenvalue weighted by Crippen LogP contribution is 2.30. The molecule has 3 aromatic heterocycles. The molecule has 4 aromatic rings. The zero-order valence-corrected chi connectivity index (χ0v) is 21.0. The minimum atomic E-state index is -0.729. The van der Waals surface area contributed by atoms with E-state index in [1.807, 2.05) is 12.1 Å². The first-order chi connectivity index (χ1) is 18.5. The van der Waals surface area contributed by atoms with Crippen LogP contribution in [-0.2, 0) is 9.57 Å². The lowest BCUT2D eigenvalue weighted by molar-refractivity contribution is 0.0464. The average molecular weight is 537 g/mol. The Labute approximate surface area is 222 Å². The van der Waals surface area contributed by atoms with Gasteiger partial charge < -0.3 is 19.8 Å². The van der Waals surface area contributed by atoms with Crippen LogP contribution in [0.1, 0.15) is 10.5 Å². The second kappa shape index (κ2) is 11.3. The molecule has 38 heavy (non-hydrogen) atoms. The summed E-state index contributed by atoms with van der Waals surface area (Å²) in [6, 6.07) is 8.70. The van der Waals surface area contributed by atoms with Crippen LogP contribution in [0.2, 0.25) is 5.02 Å². The molecule has 11 nitrogen and oxygen atoms in total.